The van der Waals surface area contributed by atoms with Crippen LogP contribution in [0.15, 0.2) is 30.3 Å². The van der Waals surface area contributed by atoms with E-state index in [1.165, 1.54) is 17.0 Å². The largest absolute Gasteiger partial charge is 0.417 e. The molecule has 0 radical (unpaired) electrons. The Balaban J connectivity index is 1.64. The van der Waals surface area contributed by atoms with Crippen LogP contribution in [-0.2, 0) is 17.5 Å². The van der Waals surface area contributed by atoms with Crippen molar-refractivity contribution >= 4 is 29.2 Å². The second kappa shape index (κ2) is 7.03. The van der Waals surface area contributed by atoms with E-state index in [1.807, 2.05) is 0 Å². The van der Waals surface area contributed by atoms with Gasteiger partial charge >= 0.3 is 12.2 Å². The lowest BCUT2D eigenvalue weighted by Gasteiger charge is -2.42. The SMILES string of the molecule is CN1Cc2cc(F)c(N3C(=O)N(c4ccc(C#N)c(C(F)(F)F)c4)C(=O)C34CCC4)cc2C1=O. The van der Waals surface area contributed by atoms with Crippen molar-refractivity contribution in [3.63, 3.8) is 0 Å². The summed E-state index contributed by atoms with van der Waals surface area (Å²) < 4.78 is 55.6. The van der Waals surface area contributed by atoms with E-state index in [-0.39, 0.29) is 42.2 Å². The van der Waals surface area contributed by atoms with Crippen molar-refractivity contribution in [3.8, 4) is 6.07 Å². The number of nitrogens with zero attached hydrogens (tertiary/aromatic N) is 4. The van der Waals surface area contributed by atoms with E-state index in [0.717, 1.165) is 23.1 Å². The first-order chi connectivity index (χ1) is 16.0. The van der Waals surface area contributed by atoms with E-state index in [1.54, 1.807) is 7.05 Å². The van der Waals surface area contributed by atoms with Gasteiger partial charge in [-0.15, -0.1) is 0 Å². The number of hydrogen-bond acceptors (Lipinski definition) is 4. The molecule has 2 fully saturated rings. The maximum absolute atomic E-state index is 15.2. The number of benzene rings is 2. The Labute approximate surface area is 190 Å². The Morgan fingerprint density at radius 2 is 1.79 bits per heavy atom. The van der Waals surface area contributed by atoms with Crippen LogP contribution in [0.25, 0.3) is 0 Å². The Kier molecular flexibility index (Phi) is 4.52. The zero-order chi connectivity index (χ0) is 24.6. The summed E-state index contributed by atoms with van der Waals surface area (Å²) in [6, 6.07) is 5.34. The summed E-state index contributed by atoms with van der Waals surface area (Å²) in [5.74, 6) is -1.95. The van der Waals surface area contributed by atoms with E-state index in [0.29, 0.717) is 23.0 Å². The third-order valence-corrected chi connectivity index (χ3v) is 6.68. The van der Waals surface area contributed by atoms with Gasteiger partial charge in [0.25, 0.3) is 11.8 Å². The summed E-state index contributed by atoms with van der Waals surface area (Å²) in [6.07, 6.45) is -3.94. The Hall–Kier alpha value is -3.94. The van der Waals surface area contributed by atoms with Gasteiger partial charge < -0.3 is 4.90 Å². The van der Waals surface area contributed by atoms with E-state index in [2.05, 4.69) is 0 Å². The van der Waals surface area contributed by atoms with Crippen molar-refractivity contribution in [2.75, 3.05) is 16.8 Å². The average molecular weight is 472 g/mol. The monoisotopic (exact) mass is 472 g/mol. The normalized spacial score (nSPS) is 19.1. The number of fused-ring (bicyclic) bond motifs is 1. The molecule has 2 heterocycles. The van der Waals surface area contributed by atoms with Crippen LogP contribution in [0.5, 0.6) is 0 Å². The van der Waals surface area contributed by atoms with Crippen molar-refractivity contribution in [2.24, 2.45) is 0 Å². The first-order valence-corrected chi connectivity index (χ1v) is 10.4. The fourth-order valence-corrected chi connectivity index (χ4v) is 4.82. The fraction of sp³-hybridized carbons (Fsp3) is 0.304. The van der Waals surface area contributed by atoms with Gasteiger partial charge in [-0.05, 0) is 55.2 Å². The highest BCUT2D eigenvalue weighted by atomic mass is 19.4. The van der Waals surface area contributed by atoms with Crippen molar-refractivity contribution in [2.45, 2.75) is 37.5 Å². The molecule has 1 saturated heterocycles. The number of imide groups is 1. The number of anilines is 2. The van der Waals surface area contributed by atoms with Crippen LogP contribution >= 0.6 is 0 Å². The molecular weight excluding hydrogens is 456 g/mol. The zero-order valence-corrected chi connectivity index (χ0v) is 17.7. The van der Waals surface area contributed by atoms with E-state index in [4.69, 9.17) is 5.26 Å². The van der Waals surface area contributed by atoms with Crippen LogP contribution in [0.4, 0.5) is 33.7 Å². The van der Waals surface area contributed by atoms with Gasteiger partial charge in [-0.25, -0.2) is 14.1 Å². The molecular formula is C23H16F4N4O3. The second-order valence-electron chi connectivity index (χ2n) is 8.61. The molecule has 1 spiro atoms. The molecule has 5 rings (SSSR count). The summed E-state index contributed by atoms with van der Waals surface area (Å²) in [5, 5.41) is 9.03. The van der Waals surface area contributed by atoms with Gasteiger partial charge in [0.2, 0.25) is 0 Å². The predicted octanol–water partition coefficient (Wildman–Crippen LogP) is 4.20. The van der Waals surface area contributed by atoms with Crippen molar-refractivity contribution in [1.29, 1.82) is 5.26 Å². The number of carbonyl (C=O) groups is 3. The number of carbonyl (C=O) groups excluding carboxylic acids is 3. The van der Waals surface area contributed by atoms with Gasteiger partial charge in [-0.1, -0.05) is 0 Å². The molecule has 0 bridgehead atoms. The Morgan fingerprint density at radius 1 is 1.09 bits per heavy atom. The number of rotatable bonds is 2. The van der Waals surface area contributed by atoms with Gasteiger partial charge in [0.1, 0.15) is 11.4 Å². The molecule has 2 aromatic carbocycles. The zero-order valence-electron chi connectivity index (χ0n) is 17.7. The highest BCUT2D eigenvalue weighted by Gasteiger charge is 2.62. The average Bonchev–Trinajstić information content (AvgIpc) is 3.15. The molecule has 0 unspecified atom stereocenters. The summed E-state index contributed by atoms with van der Waals surface area (Å²) >= 11 is 0. The molecule has 11 heteroatoms. The maximum atomic E-state index is 15.2. The molecule has 0 N–H and O–H groups in total. The molecule has 1 saturated carbocycles. The molecule has 1 aliphatic carbocycles. The third-order valence-electron chi connectivity index (χ3n) is 6.68. The molecule has 34 heavy (non-hydrogen) atoms. The van der Waals surface area contributed by atoms with Gasteiger partial charge in [0.05, 0.1) is 28.6 Å². The number of urea groups is 1. The number of halogens is 4. The topological polar surface area (TPSA) is 84.7 Å². The van der Waals surface area contributed by atoms with Crippen LogP contribution in [0.1, 0.15) is 46.3 Å². The molecule has 0 atom stereocenters. The summed E-state index contributed by atoms with van der Waals surface area (Å²) in [7, 11) is 1.54. The van der Waals surface area contributed by atoms with Crippen LogP contribution in [0, 0.1) is 17.1 Å². The van der Waals surface area contributed by atoms with E-state index < -0.39 is 40.6 Å². The van der Waals surface area contributed by atoms with Crippen molar-refractivity contribution < 1.29 is 31.9 Å². The molecule has 2 aromatic rings. The lowest BCUT2D eigenvalue weighted by molar-refractivity contribution is -0.137. The summed E-state index contributed by atoms with van der Waals surface area (Å²) in [5.41, 5.74) is -3.39. The quantitative estimate of drug-likeness (QED) is 0.485. The molecule has 3 aliphatic rings. The first kappa shape index (κ1) is 21.9. The maximum Gasteiger partial charge on any atom is 0.417 e. The van der Waals surface area contributed by atoms with Crippen molar-refractivity contribution in [1.82, 2.24) is 4.90 Å². The summed E-state index contributed by atoms with van der Waals surface area (Å²) in [6.45, 7) is 0.195. The van der Waals surface area contributed by atoms with Crippen LogP contribution in [0.2, 0.25) is 0 Å². The van der Waals surface area contributed by atoms with Crippen molar-refractivity contribution in [3.05, 3.63) is 58.4 Å². The number of nitriles is 1. The number of hydrogen-bond donors (Lipinski definition) is 0. The molecule has 2 aliphatic heterocycles. The van der Waals surface area contributed by atoms with Gasteiger partial charge in [0, 0.05) is 19.2 Å². The van der Waals surface area contributed by atoms with Crippen LogP contribution < -0.4 is 9.80 Å². The first-order valence-electron chi connectivity index (χ1n) is 10.4. The smallest absolute Gasteiger partial charge is 0.337 e. The predicted molar refractivity (Wildman–Crippen MR) is 110 cm³/mol. The Bertz CT molecular complexity index is 1330. The standard InChI is InChI=1S/C23H16F4N4O3/c1-29-11-13-7-17(24)18(9-15(13)19(29)32)31-21(34)30(20(33)22(31)5-2-6-22)14-4-3-12(10-28)16(8-14)23(25,26)27/h3-4,7-9H,2,5-6,11H2,1H3. The molecule has 4 amide bonds. The second-order valence-corrected chi connectivity index (χ2v) is 8.61. The lowest BCUT2D eigenvalue weighted by atomic mass is 9.75. The third kappa shape index (κ3) is 2.84. The van der Waals surface area contributed by atoms with Crippen LogP contribution in [0.3, 0.4) is 0 Å². The minimum absolute atomic E-state index is 0.195. The minimum Gasteiger partial charge on any atom is -0.337 e. The highest BCUT2D eigenvalue weighted by molar-refractivity contribution is 6.31. The van der Waals surface area contributed by atoms with E-state index in [9.17, 15) is 27.6 Å². The molecule has 7 nitrogen and oxygen atoms in total. The lowest BCUT2D eigenvalue weighted by Crippen LogP contribution is -2.55. The molecule has 174 valence electrons. The minimum atomic E-state index is -4.89. The number of amides is 4. The van der Waals surface area contributed by atoms with Crippen LogP contribution in [-0.4, -0.2) is 35.3 Å². The Morgan fingerprint density at radius 3 is 2.38 bits per heavy atom. The number of alkyl halides is 3. The highest BCUT2D eigenvalue weighted by Crippen LogP contribution is 2.49. The fourth-order valence-electron chi connectivity index (χ4n) is 4.82. The molecule has 0 aromatic heterocycles. The summed E-state index contributed by atoms with van der Waals surface area (Å²) in [4.78, 5) is 42.2. The van der Waals surface area contributed by atoms with Gasteiger partial charge in [-0.2, -0.15) is 18.4 Å². The van der Waals surface area contributed by atoms with E-state index >= 15 is 4.39 Å². The van der Waals surface area contributed by atoms with Gasteiger partial charge in [0.15, 0.2) is 0 Å². The van der Waals surface area contributed by atoms with Gasteiger partial charge in [-0.3, -0.25) is 14.5 Å².